The molecule has 0 amide bonds. The first kappa shape index (κ1) is 23.0. The van der Waals surface area contributed by atoms with Crippen molar-refractivity contribution in [1.82, 2.24) is 10.2 Å². The third kappa shape index (κ3) is 8.77. The van der Waals surface area contributed by atoms with Gasteiger partial charge in [0.1, 0.15) is 12.1 Å². The number of rotatable bonds is 5. The van der Waals surface area contributed by atoms with Gasteiger partial charge in [-0.3, -0.25) is 9.79 Å². The summed E-state index contributed by atoms with van der Waals surface area (Å²) in [4.78, 5) is 19.2. The molecular weight excluding hydrogens is 437 g/mol. The summed E-state index contributed by atoms with van der Waals surface area (Å²) in [5, 5.41) is 3.03. The van der Waals surface area contributed by atoms with E-state index in [2.05, 4.69) is 40.8 Å². The van der Waals surface area contributed by atoms with Crippen molar-refractivity contribution in [2.75, 3.05) is 26.9 Å². The molecule has 136 valence electrons. The SMILES string of the molecule is CN=C(NCC(=O)OC(C)(C)C)N(C)Cc1ccc(SC)cc1.I. The molecule has 0 atom stereocenters. The van der Waals surface area contributed by atoms with Crippen LogP contribution in [-0.4, -0.2) is 49.3 Å². The molecule has 0 bridgehead atoms. The van der Waals surface area contributed by atoms with Gasteiger partial charge in [0.05, 0.1) is 0 Å². The molecule has 24 heavy (non-hydrogen) atoms. The van der Waals surface area contributed by atoms with Crippen molar-refractivity contribution in [3.05, 3.63) is 29.8 Å². The number of esters is 1. The van der Waals surface area contributed by atoms with Gasteiger partial charge in [0, 0.05) is 25.5 Å². The van der Waals surface area contributed by atoms with Gasteiger partial charge >= 0.3 is 5.97 Å². The molecule has 5 nitrogen and oxygen atoms in total. The average molecular weight is 465 g/mol. The fraction of sp³-hybridized carbons (Fsp3) is 0.529. The van der Waals surface area contributed by atoms with Crippen molar-refractivity contribution >= 4 is 47.7 Å². The van der Waals surface area contributed by atoms with Crippen LogP contribution in [0.25, 0.3) is 0 Å². The predicted molar refractivity (Wildman–Crippen MR) is 112 cm³/mol. The first-order valence-electron chi connectivity index (χ1n) is 7.51. The molecule has 0 aliphatic heterocycles. The molecule has 0 fully saturated rings. The summed E-state index contributed by atoms with van der Waals surface area (Å²) in [6, 6.07) is 8.41. The summed E-state index contributed by atoms with van der Waals surface area (Å²) in [6.07, 6.45) is 2.06. The van der Waals surface area contributed by atoms with Crippen LogP contribution < -0.4 is 5.32 Å². The van der Waals surface area contributed by atoms with Gasteiger partial charge in [-0.25, -0.2) is 0 Å². The van der Waals surface area contributed by atoms with Crippen LogP contribution in [0.4, 0.5) is 0 Å². The van der Waals surface area contributed by atoms with E-state index in [1.165, 1.54) is 10.5 Å². The van der Waals surface area contributed by atoms with Crippen LogP contribution in [0.15, 0.2) is 34.2 Å². The van der Waals surface area contributed by atoms with Crippen LogP contribution >= 0.6 is 35.7 Å². The Morgan fingerprint density at radius 1 is 1.29 bits per heavy atom. The number of thioether (sulfide) groups is 1. The lowest BCUT2D eigenvalue weighted by Crippen LogP contribution is -2.42. The Bertz CT molecular complexity index is 542. The third-order valence-corrected chi connectivity index (χ3v) is 3.71. The second kappa shape index (κ2) is 10.8. The van der Waals surface area contributed by atoms with Gasteiger partial charge in [-0.05, 0) is 44.7 Å². The van der Waals surface area contributed by atoms with Gasteiger partial charge < -0.3 is 15.0 Å². The Hall–Kier alpha value is -0.960. The van der Waals surface area contributed by atoms with E-state index in [1.54, 1.807) is 18.8 Å². The molecule has 0 aromatic heterocycles. The molecule has 1 aromatic carbocycles. The minimum atomic E-state index is -0.479. The minimum Gasteiger partial charge on any atom is -0.459 e. The standard InChI is InChI=1S/C17H27N3O2S.HI/c1-17(2,3)22-15(21)11-19-16(18-4)20(5)12-13-7-9-14(23-6)10-8-13;/h7-10H,11-12H2,1-6H3,(H,18,19);1H. The van der Waals surface area contributed by atoms with Crippen LogP contribution in [0, 0.1) is 0 Å². The second-order valence-electron chi connectivity index (χ2n) is 6.19. The maximum Gasteiger partial charge on any atom is 0.325 e. The molecule has 1 N–H and O–H groups in total. The van der Waals surface area contributed by atoms with Gasteiger partial charge in [0.15, 0.2) is 5.96 Å². The van der Waals surface area contributed by atoms with Crippen molar-refractivity contribution in [2.24, 2.45) is 4.99 Å². The van der Waals surface area contributed by atoms with E-state index < -0.39 is 5.60 Å². The average Bonchev–Trinajstić information content (AvgIpc) is 2.46. The fourth-order valence-corrected chi connectivity index (χ4v) is 2.40. The van der Waals surface area contributed by atoms with Crippen molar-refractivity contribution in [3.8, 4) is 0 Å². The molecule has 0 saturated carbocycles. The first-order chi connectivity index (χ1) is 10.7. The number of aliphatic imine (C=N–C) groups is 1. The first-order valence-corrected chi connectivity index (χ1v) is 8.74. The number of nitrogens with zero attached hydrogens (tertiary/aromatic N) is 2. The normalized spacial score (nSPS) is 11.5. The van der Waals surface area contributed by atoms with Gasteiger partial charge in [-0.2, -0.15) is 0 Å². The monoisotopic (exact) mass is 465 g/mol. The number of nitrogens with one attached hydrogen (secondary N) is 1. The molecule has 0 aliphatic rings. The topological polar surface area (TPSA) is 53.9 Å². The second-order valence-corrected chi connectivity index (χ2v) is 7.07. The van der Waals surface area contributed by atoms with E-state index in [9.17, 15) is 4.79 Å². The van der Waals surface area contributed by atoms with Gasteiger partial charge in [0.25, 0.3) is 0 Å². The lowest BCUT2D eigenvalue weighted by atomic mass is 10.2. The number of ether oxygens (including phenoxy) is 1. The van der Waals surface area contributed by atoms with Crippen LogP contribution in [0.3, 0.4) is 0 Å². The highest BCUT2D eigenvalue weighted by Gasteiger charge is 2.17. The van der Waals surface area contributed by atoms with Crippen LogP contribution in [-0.2, 0) is 16.1 Å². The zero-order valence-corrected chi connectivity index (χ0v) is 18.4. The van der Waals surface area contributed by atoms with E-state index in [4.69, 9.17) is 4.74 Å². The van der Waals surface area contributed by atoms with Gasteiger partial charge in [-0.1, -0.05) is 12.1 Å². The highest BCUT2D eigenvalue weighted by molar-refractivity contribution is 14.0. The molecular formula is C17H28IN3O2S. The Morgan fingerprint density at radius 3 is 2.33 bits per heavy atom. The Kier molecular flexibility index (Phi) is 10.4. The summed E-state index contributed by atoms with van der Waals surface area (Å²) < 4.78 is 5.28. The number of halogens is 1. The molecule has 0 aliphatic carbocycles. The number of hydrogen-bond donors (Lipinski definition) is 1. The van der Waals surface area contributed by atoms with Crippen molar-refractivity contribution in [1.29, 1.82) is 0 Å². The quantitative estimate of drug-likeness (QED) is 0.238. The summed E-state index contributed by atoms with van der Waals surface area (Å²) in [7, 11) is 3.64. The highest BCUT2D eigenvalue weighted by Crippen LogP contribution is 2.15. The lowest BCUT2D eigenvalue weighted by Gasteiger charge is -2.23. The van der Waals surface area contributed by atoms with Crippen LogP contribution in [0.1, 0.15) is 26.3 Å². The number of hydrogen-bond acceptors (Lipinski definition) is 4. The van der Waals surface area contributed by atoms with E-state index in [-0.39, 0.29) is 36.5 Å². The number of carbonyl (C=O) groups is 1. The molecule has 0 saturated heterocycles. The largest absolute Gasteiger partial charge is 0.459 e. The number of benzene rings is 1. The molecule has 7 heteroatoms. The third-order valence-electron chi connectivity index (χ3n) is 2.96. The zero-order valence-electron chi connectivity index (χ0n) is 15.3. The van der Waals surface area contributed by atoms with E-state index >= 15 is 0 Å². The van der Waals surface area contributed by atoms with Gasteiger partial charge in [-0.15, -0.1) is 35.7 Å². The van der Waals surface area contributed by atoms with Gasteiger partial charge in [0.2, 0.25) is 0 Å². The molecule has 0 spiro atoms. The van der Waals surface area contributed by atoms with E-state index in [0.29, 0.717) is 12.5 Å². The molecule has 1 rings (SSSR count). The van der Waals surface area contributed by atoms with E-state index in [1.807, 2.05) is 32.7 Å². The van der Waals surface area contributed by atoms with Crippen LogP contribution in [0.5, 0.6) is 0 Å². The molecule has 0 radical (unpaired) electrons. The maximum absolute atomic E-state index is 11.8. The maximum atomic E-state index is 11.8. The summed E-state index contributed by atoms with van der Waals surface area (Å²) >= 11 is 1.72. The van der Waals surface area contributed by atoms with Crippen molar-refractivity contribution in [2.45, 2.75) is 37.8 Å². The number of guanidine groups is 1. The Labute approximate surface area is 166 Å². The zero-order chi connectivity index (χ0) is 17.5. The summed E-state index contributed by atoms with van der Waals surface area (Å²) in [6.45, 7) is 6.36. The highest BCUT2D eigenvalue weighted by atomic mass is 127. The fourth-order valence-electron chi connectivity index (χ4n) is 1.99. The lowest BCUT2D eigenvalue weighted by molar-refractivity contribution is -0.153. The molecule has 0 unspecified atom stereocenters. The Balaban J connectivity index is 0.00000529. The smallest absolute Gasteiger partial charge is 0.325 e. The number of carbonyl (C=O) groups excluding carboxylic acids is 1. The van der Waals surface area contributed by atoms with Crippen molar-refractivity contribution < 1.29 is 9.53 Å². The molecule has 0 heterocycles. The van der Waals surface area contributed by atoms with Crippen molar-refractivity contribution in [3.63, 3.8) is 0 Å². The van der Waals surface area contributed by atoms with Crippen LogP contribution in [0.2, 0.25) is 0 Å². The summed E-state index contributed by atoms with van der Waals surface area (Å²) in [5.74, 6) is 0.362. The van der Waals surface area contributed by atoms with E-state index in [0.717, 1.165) is 0 Å². The predicted octanol–water partition coefficient (Wildman–Crippen LogP) is 3.38. The minimum absolute atomic E-state index is 0. The summed E-state index contributed by atoms with van der Waals surface area (Å²) in [5.41, 5.74) is 0.707. The molecule has 1 aromatic rings. The Morgan fingerprint density at radius 2 is 1.88 bits per heavy atom.